The van der Waals surface area contributed by atoms with Gasteiger partial charge in [-0.3, -0.25) is 4.79 Å². The van der Waals surface area contributed by atoms with Gasteiger partial charge in [0.05, 0.1) is 5.92 Å². The molecular formula is C20H31FN4O5S. The van der Waals surface area contributed by atoms with E-state index < -0.39 is 33.9 Å². The number of hydrogen-bond donors (Lipinski definition) is 3. The van der Waals surface area contributed by atoms with E-state index in [2.05, 4.69) is 15.4 Å². The van der Waals surface area contributed by atoms with Crippen LogP contribution in [-0.2, 0) is 19.7 Å². The van der Waals surface area contributed by atoms with Crippen LogP contribution in [0.3, 0.4) is 0 Å². The van der Waals surface area contributed by atoms with E-state index in [1.807, 2.05) is 0 Å². The summed E-state index contributed by atoms with van der Waals surface area (Å²) in [5.41, 5.74) is 0.224. The van der Waals surface area contributed by atoms with E-state index in [1.165, 1.54) is 22.5 Å². The van der Waals surface area contributed by atoms with Gasteiger partial charge in [-0.2, -0.15) is 17.4 Å². The van der Waals surface area contributed by atoms with E-state index in [4.69, 9.17) is 4.74 Å². The number of carbonyl (C=O) groups excluding carboxylic acids is 2. The molecule has 0 spiro atoms. The van der Waals surface area contributed by atoms with Crippen molar-refractivity contribution in [2.75, 3.05) is 25.0 Å². The van der Waals surface area contributed by atoms with Crippen molar-refractivity contribution in [1.29, 1.82) is 0 Å². The first-order valence-corrected chi connectivity index (χ1v) is 11.5. The second-order valence-electron chi connectivity index (χ2n) is 8.70. The fourth-order valence-electron chi connectivity index (χ4n) is 3.05. The Bertz CT molecular complexity index is 917. The van der Waals surface area contributed by atoms with E-state index in [0.717, 1.165) is 0 Å². The molecule has 31 heavy (non-hydrogen) atoms. The number of hydrogen-bond acceptors (Lipinski definition) is 5. The first kappa shape index (κ1) is 25.0. The molecule has 1 aliphatic heterocycles. The van der Waals surface area contributed by atoms with Crippen LogP contribution < -0.4 is 15.4 Å². The molecule has 1 fully saturated rings. The van der Waals surface area contributed by atoms with Crippen LogP contribution >= 0.6 is 0 Å². The maximum absolute atomic E-state index is 13.4. The molecule has 0 bridgehead atoms. The maximum Gasteiger partial charge on any atom is 0.407 e. The lowest BCUT2D eigenvalue weighted by molar-refractivity contribution is -0.119. The smallest absolute Gasteiger partial charge is 0.407 e. The molecule has 1 aliphatic rings. The van der Waals surface area contributed by atoms with E-state index in [-0.39, 0.29) is 31.4 Å². The summed E-state index contributed by atoms with van der Waals surface area (Å²) in [6, 6.07) is 3.68. The molecule has 1 saturated heterocycles. The Morgan fingerprint density at radius 1 is 1.32 bits per heavy atom. The second kappa shape index (κ2) is 9.92. The molecule has 1 aromatic rings. The van der Waals surface area contributed by atoms with Gasteiger partial charge in [-0.15, -0.1) is 0 Å². The molecule has 0 aliphatic carbocycles. The van der Waals surface area contributed by atoms with Gasteiger partial charge in [0.1, 0.15) is 11.4 Å². The number of rotatable bonds is 7. The number of halogens is 1. The van der Waals surface area contributed by atoms with Crippen molar-refractivity contribution in [3.05, 3.63) is 29.6 Å². The fourth-order valence-corrected chi connectivity index (χ4v) is 4.51. The Labute approximate surface area is 182 Å². The van der Waals surface area contributed by atoms with Gasteiger partial charge in [0, 0.05) is 31.4 Å². The first-order valence-electron chi connectivity index (χ1n) is 10.1. The second-order valence-corrected chi connectivity index (χ2v) is 10.4. The molecule has 174 valence electrons. The predicted molar refractivity (Wildman–Crippen MR) is 115 cm³/mol. The van der Waals surface area contributed by atoms with E-state index in [9.17, 15) is 22.4 Å². The summed E-state index contributed by atoms with van der Waals surface area (Å²) in [4.78, 5) is 24.2. The Morgan fingerprint density at radius 3 is 2.61 bits per heavy atom. The van der Waals surface area contributed by atoms with Crippen LogP contribution in [0.25, 0.3) is 0 Å². The monoisotopic (exact) mass is 458 g/mol. The third-order valence-electron chi connectivity index (χ3n) is 4.59. The Kier molecular flexibility index (Phi) is 8.01. The van der Waals surface area contributed by atoms with Crippen LogP contribution in [0.2, 0.25) is 0 Å². The van der Waals surface area contributed by atoms with Gasteiger partial charge in [-0.05, 0) is 64.8 Å². The van der Waals surface area contributed by atoms with Crippen molar-refractivity contribution < 1.29 is 27.1 Å². The zero-order valence-electron chi connectivity index (χ0n) is 18.5. The Morgan fingerprint density at radius 2 is 2.00 bits per heavy atom. The molecule has 11 heteroatoms. The predicted octanol–water partition coefficient (Wildman–Crippen LogP) is 2.14. The van der Waals surface area contributed by atoms with Crippen LogP contribution in [0.5, 0.6) is 0 Å². The minimum absolute atomic E-state index is 0.0353. The lowest BCUT2D eigenvalue weighted by atomic mass is 10.1. The average molecular weight is 459 g/mol. The highest BCUT2D eigenvalue weighted by atomic mass is 32.2. The molecular weight excluding hydrogens is 427 g/mol. The van der Waals surface area contributed by atoms with E-state index in [0.29, 0.717) is 17.7 Å². The quantitative estimate of drug-likeness (QED) is 0.579. The van der Waals surface area contributed by atoms with Crippen LogP contribution in [0.1, 0.15) is 39.7 Å². The molecule has 0 aromatic heterocycles. The first-order chi connectivity index (χ1) is 14.3. The number of amides is 2. The van der Waals surface area contributed by atoms with E-state index in [1.54, 1.807) is 34.6 Å². The van der Waals surface area contributed by atoms with Crippen molar-refractivity contribution in [2.24, 2.45) is 5.92 Å². The number of ether oxygens (including phenoxy) is 1. The summed E-state index contributed by atoms with van der Waals surface area (Å²) in [5.74, 6) is -1.20. The summed E-state index contributed by atoms with van der Waals surface area (Å²) in [6.07, 6.45) is -0.259. The lowest BCUT2D eigenvalue weighted by Gasteiger charge is -2.23. The number of anilines is 1. The number of carbonyl (C=O) groups is 2. The van der Waals surface area contributed by atoms with Gasteiger partial charge < -0.3 is 15.4 Å². The topological polar surface area (TPSA) is 117 Å². The maximum atomic E-state index is 13.4. The summed E-state index contributed by atoms with van der Waals surface area (Å²) in [6.45, 7) is 8.69. The standard InChI is InChI=1S/C20H31FN4O5S/c1-13-10-16(6-7-17(13)21)23-18(26)15-8-9-25(12-15)31(28,29)24-14(2)11-22-19(27)30-20(3,4)5/h6-7,10,14-15,24H,8-9,11-12H2,1-5H3,(H,22,27)(H,23,26)/t14?,15-/m0/s1. The molecule has 0 saturated carbocycles. The summed E-state index contributed by atoms with van der Waals surface area (Å²) >= 11 is 0. The zero-order chi connectivity index (χ0) is 23.4. The highest BCUT2D eigenvalue weighted by molar-refractivity contribution is 7.87. The molecule has 1 unspecified atom stereocenters. The number of nitrogens with one attached hydrogen (secondary N) is 3. The molecule has 0 radical (unpaired) electrons. The fraction of sp³-hybridized carbons (Fsp3) is 0.600. The van der Waals surface area contributed by atoms with Gasteiger partial charge in [0.2, 0.25) is 5.91 Å². The van der Waals surface area contributed by atoms with Gasteiger partial charge in [-0.1, -0.05) is 0 Å². The third kappa shape index (κ3) is 7.75. The van der Waals surface area contributed by atoms with Crippen molar-refractivity contribution in [2.45, 2.75) is 52.7 Å². The van der Waals surface area contributed by atoms with Gasteiger partial charge in [-0.25, -0.2) is 9.18 Å². The molecule has 2 rings (SSSR count). The summed E-state index contributed by atoms with van der Waals surface area (Å²) in [7, 11) is -3.83. The highest BCUT2D eigenvalue weighted by Gasteiger charge is 2.35. The SMILES string of the molecule is Cc1cc(NC(=O)[C@H]2CCN(S(=O)(=O)NC(C)CNC(=O)OC(C)(C)C)C2)ccc1F. The minimum atomic E-state index is -3.83. The summed E-state index contributed by atoms with van der Waals surface area (Å²) < 4.78 is 47.4. The van der Waals surface area contributed by atoms with Crippen LogP contribution in [0.4, 0.5) is 14.9 Å². The molecule has 3 N–H and O–H groups in total. The molecule has 9 nitrogen and oxygen atoms in total. The number of aryl methyl sites for hydroxylation is 1. The summed E-state index contributed by atoms with van der Waals surface area (Å²) in [5, 5.41) is 5.22. The van der Waals surface area contributed by atoms with Gasteiger partial charge >= 0.3 is 6.09 Å². The Hall–Kier alpha value is -2.24. The largest absolute Gasteiger partial charge is 0.444 e. The van der Waals surface area contributed by atoms with Crippen LogP contribution in [0, 0.1) is 18.7 Å². The highest BCUT2D eigenvalue weighted by Crippen LogP contribution is 2.22. The van der Waals surface area contributed by atoms with Crippen LogP contribution in [-0.4, -0.2) is 56.0 Å². The van der Waals surface area contributed by atoms with Gasteiger partial charge in [0.15, 0.2) is 0 Å². The molecule has 1 heterocycles. The lowest BCUT2D eigenvalue weighted by Crippen LogP contribution is -2.48. The van der Waals surface area contributed by atoms with Crippen molar-refractivity contribution >= 4 is 27.9 Å². The molecule has 2 amide bonds. The van der Waals surface area contributed by atoms with Crippen molar-refractivity contribution in [3.63, 3.8) is 0 Å². The van der Waals surface area contributed by atoms with Crippen LogP contribution in [0.15, 0.2) is 18.2 Å². The Balaban J connectivity index is 1.85. The minimum Gasteiger partial charge on any atom is -0.444 e. The number of alkyl carbamates (subject to hydrolysis) is 1. The van der Waals surface area contributed by atoms with Crippen molar-refractivity contribution in [1.82, 2.24) is 14.3 Å². The van der Waals surface area contributed by atoms with E-state index >= 15 is 0 Å². The normalized spacial score (nSPS) is 18.5. The number of benzene rings is 1. The third-order valence-corrected chi connectivity index (χ3v) is 6.30. The average Bonchev–Trinajstić information content (AvgIpc) is 3.13. The molecule has 1 aromatic carbocycles. The van der Waals surface area contributed by atoms with Crippen molar-refractivity contribution in [3.8, 4) is 0 Å². The van der Waals surface area contributed by atoms with Gasteiger partial charge in [0.25, 0.3) is 10.2 Å². The number of nitrogens with zero attached hydrogens (tertiary/aromatic N) is 1. The zero-order valence-corrected chi connectivity index (χ0v) is 19.3. The molecule has 2 atom stereocenters.